The number of unbranched alkanes of at least 4 members (excludes halogenated alkanes) is 1. The Kier molecular flexibility index (Phi) is 4.85. The number of carboxylic acid groups (broad SMARTS) is 1. The van der Waals surface area contributed by atoms with Crippen molar-refractivity contribution in [1.82, 2.24) is 14.3 Å². The van der Waals surface area contributed by atoms with E-state index in [0.717, 1.165) is 22.1 Å². The number of aryl methyl sites for hydroxylation is 1. The van der Waals surface area contributed by atoms with Crippen molar-refractivity contribution in [2.24, 2.45) is 14.1 Å². The lowest BCUT2D eigenvalue weighted by atomic mass is 10.1. The summed E-state index contributed by atoms with van der Waals surface area (Å²) in [6, 6.07) is -0.891. The third-order valence-corrected chi connectivity index (χ3v) is 2.78. The van der Waals surface area contributed by atoms with Gasteiger partial charge in [0.25, 0.3) is 5.56 Å². The summed E-state index contributed by atoms with van der Waals surface area (Å²) in [4.78, 5) is 34.3. The molecule has 0 saturated carbocycles. The highest BCUT2D eigenvalue weighted by Gasteiger charge is 2.19. The van der Waals surface area contributed by atoms with E-state index >= 15 is 0 Å². The van der Waals surface area contributed by atoms with Crippen LogP contribution in [0.3, 0.4) is 0 Å². The number of aliphatic carboxylic acids is 1. The Labute approximate surface area is 109 Å². The summed E-state index contributed by atoms with van der Waals surface area (Å²) in [5, 5.41) is 15.4. The van der Waals surface area contributed by atoms with Crippen LogP contribution in [-0.4, -0.2) is 31.5 Å². The van der Waals surface area contributed by atoms with Gasteiger partial charge in [-0.1, -0.05) is 19.8 Å². The summed E-state index contributed by atoms with van der Waals surface area (Å²) >= 11 is 0. The molecule has 8 heteroatoms. The van der Waals surface area contributed by atoms with E-state index in [4.69, 9.17) is 5.11 Å². The highest BCUT2D eigenvalue weighted by atomic mass is 16.4. The molecule has 0 fully saturated rings. The van der Waals surface area contributed by atoms with Gasteiger partial charge in [0.05, 0.1) is 0 Å². The van der Waals surface area contributed by atoms with Crippen LogP contribution in [0, 0.1) is 0 Å². The zero-order valence-electron chi connectivity index (χ0n) is 11.2. The van der Waals surface area contributed by atoms with Crippen LogP contribution in [0.4, 0.5) is 5.82 Å². The molecule has 1 aromatic rings. The molecule has 0 saturated heterocycles. The van der Waals surface area contributed by atoms with Gasteiger partial charge in [0.15, 0.2) is 0 Å². The largest absolute Gasteiger partial charge is 0.480 e. The van der Waals surface area contributed by atoms with Gasteiger partial charge in [-0.3, -0.25) is 9.36 Å². The molecule has 2 N–H and O–H groups in total. The first kappa shape index (κ1) is 14.9. The maximum Gasteiger partial charge on any atom is 0.346 e. The number of rotatable bonds is 6. The average molecular weight is 270 g/mol. The van der Waals surface area contributed by atoms with Gasteiger partial charge >= 0.3 is 11.7 Å². The Hall–Kier alpha value is -2.12. The predicted octanol–water partition coefficient (Wildman–Crippen LogP) is -0.466. The Morgan fingerprint density at radius 2 is 2.05 bits per heavy atom. The van der Waals surface area contributed by atoms with Gasteiger partial charge in [0.2, 0.25) is 5.82 Å². The molecule has 0 aliphatic heterocycles. The summed E-state index contributed by atoms with van der Waals surface area (Å²) in [5.41, 5.74) is -1.19. The number of nitrogens with one attached hydrogen (secondary N) is 1. The van der Waals surface area contributed by atoms with E-state index in [2.05, 4.69) is 10.4 Å². The second kappa shape index (κ2) is 6.17. The van der Waals surface area contributed by atoms with Crippen LogP contribution in [0.1, 0.15) is 26.2 Å². The van der Waals surface area contributed by atoms with E-state index in [9.17, 15) is 14.4 Å². The second-order valence-corrected chi connectivity index (χ2v) is 4.30. The van der Waals surface area contributed by atoms with Crippen LogP contribution >= 0.6 is 0 Å². The van der Waals surface area contributed by atoms with Crippen LogP contribution in [0.25, 0.3) is 0 Å². The molecule has 19 heavy (non-hydrogen) atoms. The Morgan fingerprint density at radius 3 is 2.58 bits per heavy atom. The van der Waals surface area contributed by atoms with Crippen LogP contribution < -0.4 is 16.6 Å². The second-order valence-electron chi connectivity index (χ2n) is 4.30. The quantitative estimate of drug-likeness (QED) is 0.724. The Morgan fingerprint density at radius 1 is 1.42 bits per heavy atom. The fourth-order valence-corrected chi connectivity index (χ4v) is 1.62. The van der Waals surface area contributed by atoms with Crippen molar-refractivity contribution in [3.05, 3.63) is 20.8 Å². The molecule has 0 spiro atoms. The fraction of sp³-hybridized carbons (Fsp3) is 0.636. The smallest absolute Gasteiger partial charge is 0.346 e. The van der Waals surface area contributed by atoms with Crippen LogP contribution in [0.15, 0.2) is 9.59 Å². The van der Waals surface area contributed by atoms with Gasteiger partial charge in [-0.15, -0.1) is 5.10 Å². The molecule has 0 amide bonds. The predicted molar refractivity (Wildman–Crippen MR) is 69.3 cm³/mol. The minimum absolute atomic E-state index is 0.131. The summed E-state index contributed by atoms with van der Waals surface area (Å²) in [6.45, 7) is 1.95. The minimum Gasteiger partial charge on any atom is -0.480 e. The maximum absolute atomic E-state index is 11.8. The Balaban J connectivity index is 3.07. The molecule has 1 unspecified atom stereocenters. The summed E-state index contributed by atoms with van der Waals surface area (Å²) in [6.07, 6.45) is 1.96. The number of carboxylic acids is 1. The zero-order chi connectivity index (χ0) is 14.6. The molecule has 1 atom stereocenters. The van der Waals surface area contributed by atoms with Crippen molar-refractivity contribution in [3.8, 4) is 0 Å². The van der Waals surface area contributed by atoms with Crippen molar-refractivity contribution in [2.75, 3.05) is 5.32 Å². The molecule has 1 aromatic heterocycles. The SMILES string of the molecule is CCCCC(Nc1nn(C)c(=O)n(C)c1=O)C(=O)O. The standard InChI is InChI=1S/C11H18N4O4/c1-4-5-6-7(10(17)18)12-8-9(16)14(2)11(19)15(3)13-8/h7H,4-6H2,1-3H3,(H,12,13)(H,17,18). The molecule has 0 aromatic carbocycles. The fourth-order valence-electron chi connectivity index (χ4n) is 1.62. The molecule has 106 valence electrons. The number of carbonyl (C=O) groups is 1. The van der Waals surface area contributed by atoms with Crippen molar-refractivity contribution < 1.29 is 9.90 Å². The van der Waals surface area contributed by atoms with Crippen LogP contribution in [-0.2, 0) is 18.9 Å². The topological polar surface area (TPSA) is 106 Å². The van der Waals surface area contributed by atoms with Crippen LogP contribution in [0.2, 0.25) is 0 Å². The van der Waals surface area contributed by atoms with Gasteiger partial charge < -0.3 is 10.4 Å². The van der Waals surface area contributed by atoms with Crippen molar-refractivity contribution >= 4 is 11.8 Å². The first-order chi connectivity index (χ1) is 8.88. The van der Waals surface area contributed by atoms with E-state index in [1.54, 1.807) is 0 Å². The third kappa shape index (κ3) is 3.43. The lowest BCUT2D eigenvalue weighted by Gasteiger charge is -2.14. The first-order valence-electron chi connectivity index (χ1n) is 6.02. The van der Waals surface area contributed by atoms with Crippen molar-refractivity contribution in [1.29, 1.82) is 0 Å². The van der Waals surface area contributed by atoms with E-state index in [-0.39, 0.29) is 5.82 Å². The van der Waals surface area contributed by atoms with Crippen molar-refractivity contribution in [3.63, 3.8) is 0 Å². The molecule has 8 nitrogen and oxygen atoms in total. The van der Waals surface area contributed by atoms with Gasteiger partial charge in [-0.25, -0.2) is 14.3 Å². The number of nitrogens with zero attached hydrogens (tertiary/aromatic N) is 3. The molecule has 0 radical (unpaired) electrons. The van der Waals surface area contributed by atoms with Gasteiger partial charge in [0, 0.05) is 14.1 Å². The van der Waals surface area contributed by atoms with Gasteiger partial charge in [-0.05, 0) is 6.42 Å². The molecular weight excluding hydrogens is 252 g/mol. The summed E-state index contributed by atoms with van der Waals surface area (Å²) in [5.74, 6) is -1.18. The van der Waals surface area contributed by atoms with E-state index in [1.807, 2.05) is 6.92 Å². The zero-order valence-corrected chi connectivity index (χ0v) is 11.2. The summed E-state index contributed by atoms with van der Waals surface area (Å²) in [7, 11) is 2.72. The van der Waals surface area contributed by atoms with E-state index < -0.39 is 23.3 Å². The lowest BCUT2D eigenvalue weighted by molar-refractivity contribution is -0.138. The summed E-state index contributed by atoms with van der Waals surface area (Å²) < 4.78 is 1.87. The monoisotopic (exact) mass is 270 g/mol. The molecule has 1 rings (SSSR count). The molecule has 0 aliphatic rings. The van der Waals surface area contributed by atoms with Gasteiger partial charge in [-0.2, -0.15) is 0 Å². The minimum atomic E-state index is -1.05. The maximum atomic E-state index is 11.8. The number of hydrogen-bond acceptors (Lipinski definition) is 5. The molecule has 0 aliphatic carbocycles. The molecule has 1 heterocycles. The molecule has 0 bridgehead atoms. The number of anilines is 1. The lowest BCUT2D eigenvalue weighted by Crippen LogP contribution is -2.42. The highest BCUT2D eigenvalue weighted by molar-refractivity contribution is 5.76. The molecular formula is C11H18N4O4. The highest BCUT2D eigenvalue weighted by Crippen LogP contribution is 2.05. The third-order valence-electron chi connectivity index (χ3n) is 2.78. The average Bonchev–Trinajstić information content (AvgIpc) is 2.37. The Bertz CT molecular complexity index is 575. The van der Waals surface area contributed by atoms with Crippen LogP contribution in [0.5, 0.6) is 0 Å². The first-order valence-corrected chi connectivity index (χ1v) is 6.02. The van der Waals surface area contributed by atoms with E-state index in [0.29, 0.717) is 6.42 Å². The van der Waals surface area contributed by atoms with Crippen molar-refractivity contribution in [2.45, 2.75) is 32.2 Å². The van der Waals surface area contributed by atoms with Gasteiger partial charge in [0.1, 0.15) is 6.04 Å². The number of hydrogen-bond donors (Lipinski definition) is 2. The number of aromatic nitrogens is 3. The normalized spacial score (nSPS) is 12.2. The van der Waals surface area contributed by atoms with E-state index in [1.165, 1.54) is 14.1 Å².